The molecule has 1 atom stereocenters. The molecular weight excluding hydrogens is 268 g/mol. The summed E-state index contributed by atoms with van der Waals surface area (Å²) < 4.78 is 5.13. The molecule has 0 saturated heterocycles. The van der Waals surface area contributed by atoms with Gasteiger partial charge in [0.15, 0.2) is 0 Å². The summed E-state index contributed by atoms with van der Waals surface area (Å²) in [6.45, 7) is 3.94. The van der Waals surface area contributed by atoms with Gasteiger partial charge in [-0.2, -0.15) is 0 Å². The van der Waals surface area contributed by atoms with Crippen LogP contribution in [-0.2, 0) is 0 Å². The van der Waals surface area contributed by atoms with Crippen molar-refractivity contribution >= 4 is 11.4 Å². The van der Waals surface area contributed by atoms with E-state index in [0.717, 1.165) is 22.6 Å². The number of non-ortho nitro benzene ring substituents is 1. The molecule has 2 aromatic carbocycles. The zero-order chi connectivity index (χ0) is 15.4. The monoisotopic (exact) mass is 286 g/mol. The lowest BCUT2D eigenvalue weighted by atomic mass is 10.1. The first-order valence-electron chi connectivity index (χ1n) is 6.67. The molecule has 0 aliphatic rings. The summed E-state index contributed by atoms with van der Waals surface area (Å²) in [7, 11) is 1.63. The first kappa shape index (κ1) is 14.8. The van der Waals surface area contributed by atoms with Gasteiger partial charge in [-0.25, -0.2) is 0 Å². The smallest absolute Gasteiger partial charge is 0.271 e. The lowest BCUT2D eigenvalue weighted by Crippen LogP contribution is -2.08. The zero-order valence-corrected chi connectivity index (χ0v) is 12.3. The van der Waals surface area contributed by atoms with Crippen LogP contribution in [0.1, 0.15) is 24.1 Å². The fraction of sp³-hybridized carbons (Fsp3) is 0.250. The minimum atomic E-state index is -0.386. The van der Waals surface area contributed by atoms with E-state index < -0.39 is 0 Å². The highest BCUT2D eigenvalue weighted by Gasteiger charge is 2.11. The molecule has 0 spiro atoms. The van der Waals surface area contributed by atoms with Crippen LogP contribution in [0.3, 0.4) is 0 Å². The first-order chi connectivity index (χ1) is 10.0. The fourth-order valence-electron chi connectivity index (χ4n) is 2.09. The van der Waals surface area contributed by atoms with Crippen LogP contribution in [0.4, 0.5) is 11.4 Å². The third-order valence-corrected chi connectivity index (χ3v) is 3.42. The number of nitrogens with one attached hydrogen (secondary N) is 1. The number of ether oxygens (including phenoxy) is 1. The largest absolute Gasteiger partial charge is 0.497 e. The highest BCUT2D eigenvalue weighted by molar-refractivity contribution is 5.57. The van der Waals surface area contributed by atoms with Crippen molar-refractivity contribution in [1.29, 1.82) is 0 Å². The van der Waals surface area contributed by atoms with E-state index in [1.54, 1.807) is 19.2 Å². The van der Waals surface area contributed by atoms with E-state index in [-0.39, 0.29) is 16.7 Å². The lowest BCUT2D eigenvalue weighted by Gasteiger charge is -2.17. The van der Waals surface area contributed by atoms with Crippen LogP contribution in [0, 0.1) is 17.0 Å². The van der Waals surface area contributed by atoms with E-state index in [1.165, 1.54) is 6.07 Å². The molecule has 0 bridgehead atoms. The van der Waals surface area contributed by atoms with E-state index in [4.69, 9.17) is 4.74 Å². The number of methoxy groups -OCH3 is 1. The minimum absolute atomic E-state index is 0.0385. The van der Waals surface area contributed by atoms with Gasteiger partial charge in [0.25, 0.3) is 5.69 Å². The van der Waals surface area contributed by atoms with Gasteiger partial charge in [-0.3, -0.25) is 10.1 Å². The Balaban J connectivity index is 2.19. The second-order valence-corrected chi connectivity index (χ2v) is 4.90. The molecule has 1 N–H and O–H groups in total. The van der Waals surface area contributed by atoms with Crippen LogP contribution in [0.5, 0.6) is 5.75 Å². The summed E-state index contributed by atoms with van der Waals surface area (Å²) in [4.78, 5) is 10.5. The van der Waals surface area contributed by atoms with Crippen LogP contribution in [-0.4, -0.2) is 12.0 Å². The van der Waals surface area contributed by atoms with Crippen molar-refractivity contribution in [3.63, 3.8) is 0 Å². The van der Waals surface area contributed by atoms with E-state index in [2.05, 4.69) is 5.32 Å². The Morgan fingerprint density at radius 2 is 1.86 bits per heavy atom. The van der Waals surface area contributed by atoms with Gasteiger partial charge in [0.2, 0.25) is 0 Å². The number of benzene rings is 2. The van der Waals surface area contributed by atoms with Gasteiger partial charge in [0, 0.05) is 23.9 Å². The van der Waals surface area contributed by atoms with Crippen LogP contribution >= 0.6 is 0 Å². The molecule has 5 nitrogen and oxygen atoms in total. The summed E-state index contributed by atoms with van der Waals surface area (Å²) in [5.41, 5.74) is 2.92. The maximum absolute atomic E-state index is 10.9. The highest BCUT2D eigenvalue weighted by Crippen LogP contribution is 2.26. The molecule has 0 aliphatic carbocycles. The van der Waals surface area contributed by atoms with E-state index >= 15 is 0 Å². The Labute approximate surface area is 123 Å². The number of nitro groups is 1. The molecule has 0 aliphatic heterocycles. The van der Waals surface area contributed by atoms with Crippen molar-refractivity contribution in [3.05, 3.63) is 63.7 Å². The number of hydrogen-bond donors (Lipinski definition) is 1. The quantitative estimate of drug-likeness (QED) is 0.664. The average Bonchev–Trinajstić information content (AvgIpc) is 2.49. The van der Waals surface area contributed by atoms with Crippen molar-refractivity contribution in [2.24, 2.45) is 0 Å². The molecule has 0 fully saturated rings. The summed E-state index contributed by atoms with van der Waals surface area (Å²) >= 11 is 0. The van der Waals surface area contributed by atoms with Gasteiger partial charge in [-0.05, 0) is 37.1 Å². The standard InChI is InChI=1S/C16H18N2O3/c1-11-4-7-14(18(19)20)10-16(11)17-12(2)13-5-8-15(21-3)9-6-13/h4-10,12,17H,1-3H3. The van der Waals surface area contributed by atoms with Crippen LogP contribution in [0.15, 0.2) is 42.5 Å². The second-order valence-electron chi connectivity index (χ2n) is 4.90. The Morgan fingerprint density at radius 3 is 2.43 bits per heavy atom. The van der Waals surface area contributed by atoms with Crippen molar-refractivity contribution in [2.75, 3.05) is 12.4 Å². The Kier molecular flexibility index (Phi) is 4.42. The summed E-state index contributed by atoms with van der Waals surface area (Å²) in [6, 6.07) is 12.6. The molecule has 2 rings (SSSR count). The van der Waals surface area contributed by atoms with Crippen LogP contribution < -0.4 is 10.1 Å². The number of aryl methyl sites for hydroxylation is 1. The van der Waals surface area contributed by atoms with Gasteiger partial charge in [0.05, 0.1) is 12.0 Å². The van der Waals surface area contributed by atoms with Crippen molar-refractivity contribution in [1.82, 2.24) is 0 Å². The maximum Gasteiger partial charge on any atom is 0.271 e. The summed E-state index contributed by atoms with van der Waals surface area (Å²) in [5, 5.41) is 14.2. The van der Waals surface area contributed by atoms with E-state index in [0.29, 0.717) is 0 Å². The number of nitro benzene ring substituents is 1. The second kappa shape index (κ2) is 6.26. The minimum Gasteiger partial charge on any atom is -0.497 e. The van der Waals surface area contributed by atoms with Crippen molar-refractivity contribution < 1.29 is 9.66 Å². The predicted octanol–water partition coefficient (Wildman–Crippen LogP) is 4.08. The molecule has 21 heavy (non-hydrogen) atoms. The Bertz CT molecular complexity index is 638. The molecule has 0 saturated carbocycles. The molecule has 2 aromatic rings. The molecular formula is C16H18N2O3. The van der Waals surface area contributed by atoms with E-state index in [1.807, 2.05) is 38.1 Å². The normalized spacial score (nSPS) is 11.8. The third kappa shape index (κ3) is 3.51. The topological polar surface area (TPSA) is 64.4 Å². The van der Waals surface area contributed by atoms with Gasteiger partial charge in [-0.1, -0.05) is 18.2 Å². The molecule has 5 heteroatoms. The lowest BCUT2D eigenvalue weighted by molar-refractivity contribution is -0.384. The molecule has 0 aromatic heterocycles. The number of anilines is 1. The van der Waals surface area contributed by atoms with Gasteiger partial charge < -0.3 is 10.1 Å². The zero-order valence-electron chi connectivity index (χ0n) is 12.3. The Morgan fingerprint density at radius 1 is 1.19 bits per heavy atom. The van der Waals surface area contributed by atoms with Crippen molar-refractivity contribution in [2.45, 2.75) is 19.9 Å². The number of nitrogens with zero attached hydrogens (tertiary/aromatic N) is 1. The average molecular weight is 286 g/mol. The summed E-state index contributed by atoms with van der Waals surface area (Å²) in [6.07, 6.45) is 0. The number of hydrogen-bond acceptors (Lipinski definition) is 4. The first-order valence-corrected chi connectivity index (χ1v) is 6.67. The number of rotatable bonds is 5. The van der Waals surface area contributed by atoms with Crippen LogP contribution in [0.2, 0.25) is 0 Å². The maximum atomic E-state index is 10.9. The van der Waals surface area contributed by atoms with Crippen LogP contribution in [0.25, 0.3) is 0 Å². The van der Waals surface area contributed by atoms with E-state index in [9.17, 15) is 10.1 Å². The molecule has 0 radical (unpaired) electrons. The van der Waals surface area contributed by atoms with Gasteiger partial charge in [-0.15, -0.1) is 0 Å². The SMILES string of the molecule is COc1ccc(C(C)Nc2cc([N+](=O)[O-])ccc2C)cc1. The molecule has 0 heterocycles. The van der Waals surface area contributed by atoms with Gasteiger partial charge >= 0.3 is 0 Å². The fourth-order valence-corrected chi connectivity index (χ4v) is 2.09. The highest BCUT2D eigenvalue weighted by atomic mass is 16.6. The summed E-state index contributed by atoms with van der Waals surface area (Å²) in [5.74, 6) is 0.803. The van der Waals surface area contributed by atoms with Gasteiger partial charge in [0.1, 0.15) is 5.75 Å². The third-order valence-electron chi connectivity index (χ3n) is 3.42. The Hall–Kier alpha value is -2.56. The van der Waals surface area contributed by atoms with Crippen molar-refractivity contribution in [3.8, 4) is 5.75 Å². The molecule has 110 valence electrons. The molecule has 1 unspecified atom stereocenters. The predicted molar refractivity (Wildman–Crippen MR) is 82.9 cm³/mol. The molecule has 0 amide bonds.